The molecule has 1 rings (SSSR count). The Morgan fingerprint density at radius 2 is 1.87 bits per heavy atom. The smallest absolute Gasteiger partial charge is 0.326 e. The number of aliphatic carboxylic acids is 1. The van der Waals surface area contributed by atoms with Crippen LogP contribution in [-0.2, 0) is 9.59 Å². The minimum absolute atomic E-state index is 0.255. The highest BCUT2D eigenvalue weighted by atomic mass is 32.2. The fraction of sp³-hybridized carbons (Fsp3) is 0.500. The van der Waals surface area contributed by atoms with Gasteiger partial charge in [-0.2, -0.15) is 11.8 Å². The van der Waals surface area contributed by atoms with Gasteiger partial charge in [0.15, 0.2) is 18.1 Å². The molecule has 0 saturated carbocycles. The summed E-state index contributed by atoms with van der Waals surface area (Å²) in [6.45, 7) is 4.09. The van der Waals surface area contributed by atoms with Crippen molar-refractivity contribution in [2.45, 2.75) is 26.3 Å². The Morgan fingerprint density at radius 1 is 1.22 bits per heavy atom. The van der Waals surface area contributed by atoms with Crippen LogP contribution in [0.2, 0.25) is 0 Å². The summed E-state index contributed by atoms with van der Waals surface area (Å²) in [6.07, 6.45) is 0.384. The summed E-state index contributed by atoms with van der Waals surface area (Å²) in [4.78, 5) is 23.0. The number of nitrogens with one attached hydrogen (secondary N) is 1. The van der Waals surface area contributed by atoms with E-state index in [2.05, 4.69) is 5.32 Å². The number of carbonyl (C=O) groups excluding carboxylic acids is 1. The Balaban J connectivity index is 2.50. The van der Waals surface area contributed by atoms with Crippen LogP contribution >= 0.6 is 11.8 Å². The van der Waals surface area contributed by atoms with Crippen LogP contribution in [-0.4, -0.2) is 47.7 Å². The molecule has 0 spiro atoms. The predicted octanol–water partition coefficient (Wildman–Crippen LogP) is 2.18. The van der Waals surface area contributed by atoms with Crippen LogP contribution in [0.25, 0.3) is 0 Å². The fourth-order valence-electron chi connectivity index (χ4n) is 1.83. The lowest BCUT2D eigenvalue weighted by Gasteiger charge is -2.15. The molecule has 0 aromatic heterocycles. The van der Waals surface area contributed by atoms with Gasteiger partial charge >= 0.3 is 5.97 Å². The largest absolute Gasteiger partial charge is 0.490 e. The van der Waals surface area contributed by atoms with Gasteiger partial charge in [-0.15, -0.1) is 0 Å². The van der Waals surface area contributed by atoms with Gasteiger partial charge in [0.25, 0.3) is 5.91 Å². The first-order chi connectivity index (χ1) is 11.1. The highest BCUT2D eigenvalue weighted by Gasteiger charge is 2.19. The number of amides is 1. The average Bonchev–Trinajstić information content (AvgIpc) is 2.53. The van der Waals surface area contributed by atoms with Crippen molar-refractivity contribution in [3.05, 3.63) is 24.3 Å². The van der Waals surface area contributed by atoms with Crippen LogP contribution in [0.5, 0.6) is 11.5 Å². The van der Waals surface area contributed by atoms with Crippen molar-refractivity contribution >= 4 is 23.6 Å². The van der Waals surface area contributed by atoms with Gasteiger partial charge in [-0.3, -0.25) is 4.79 Å². The standard InChI is InChI=1S/C16H23NO5S/c1-3-21-13-7-5-6-8-14(13)22-11-15(18)17-12(16(19)20)9-10-23-4-2/h5-8,12H,3-4,9-11H2,1-2H3,(H,17,18)(H,19,20). The predicted molar refractivity (Wildman–Crippen MR) is 90.3 cm³/mol. The second kappa shape index (κ2) is 10.8. The molecule has 0 aliphatic heterocycles. The molecule has 1 aromatic rings. The summed E-state index contributed by atoms with van der Waals surface area (Å²) >= 11 is 1.64. The van der Waals surface area contributed by atoms with E-state index in [4.69, 9.17) is 14.6 Å². The number of carboxylic acids is 1. The maximum Gasteiger partial charge on any atom is 0.326 e. The molecule has 0 saturated heterocycles. The van der Waals surface area contributed by atoms with Gasteiger partial charge in [-0.05, 0) is 37.0 Å². The number of ether oxygens (including phenoxy) is 2. The Morgan fingerprint density at radius 3 is 2.43 bits per heavy atom. The van der Waals surface area contributed by atoms with Crippen molar-refractivity contribution in [3.8, 4) is 11.5 Å². The zero-order valence-electron chi connectivity index (χ0n) is 13.4. The molecule has 23 heavy (non-hydrogen) atoms. The Labute approximate surface area is 140 Å². The third-order valence-corrected chi connectivity index (χ3v) is 3.83. The number of benzene rings is 1. The maximum atomic E-state index is 11.9. The molecule has 7 heteroatoms. The second-order valence-corrected chi connectivity index (χ2v) is 6.01. The number of para-hydroxylation sites is 2. The van der Waals surface area contributed by atoms with Gasteiger partial charge in [-0.1, -0.05) is 19.1 Å². The normalized spacial score (nSPS) is 11.6. The number of rotatable bonds is 11. The molecule has 0 aliphatic carbocycles. The Kier molecular flexibility index (Phi) is 8.97. The first-order valence-electron chi connectivity index (χ1n) is 7.53. The zero-order chi connectivity index (χ0) is 17.1. The van der Waals surface area contributed by atoms with Crippen molar-refractivity contribution in [1.82, 2.24) is 5.32 Å². The maximum absolute atomic E-state index is 11.9. The van der Waals surface area contributed by atoms with Crippen LogP contribution in [0.1, 0.15) is 20.3 Å². The molecule has 0 radical (unpaired) electrons. The summed E-state index contributed by atoms with van der Waals surface area (Å²) in [5.74, 6) is 1.10. The summed E-state index contributed by atoms with van der Waals surface area (Å²) < 4.78 is 10.8. The first kappa shape index (κ1) is 19.2. The fourth-order valence-corrected chi connectivity index (χ4v) is 2.52. The molecule has 2 N–H and O–H groups in total. The third-order valence-electron chi connectivity index (χ3n) is 2.90. The van der Waals surface area contributed by atoms with Gasteiger partial charge in [0, 0.05) is 0 Å². The minimum atomic E-state index is -1.04. The van der Waals surface area contributed by atoms with Crippen molar-refractivity contribution in [3.63, 3.8) is 0 Å². The number of carbonyl (C=O) groups is 2. The molecule has 1 atom stereocenters. The zero-order valence-corrected chi connectivity index (χ0v) is 14.2. The molecule has 1 aromatic carbocycles. The second-order valence-electron chi connectivity index (χ2n) is 4.61. The molecule has 1 amide bonds. The van der Waals surface area contributed by atoms with Gasteiger partial charge in [0.1, 0.15) is 6.04 Å². The number of carboxylic acid groups (broad SMARTS) is 1. The van der Waals surface area contributed by atoms with Gasteiger partial charge in [0.05, 0.1) is 6.61 Å². The molecule has 0 aliphatic rings. The first-order valence-corrected chi connectivity index (χ1v) is 8.68. The van der Waals surface area contributed by atoms with E-state index < -0.39 is 17.9 Å². The molecule has 0 bridgehead atoms. The van der Waals surface area contributed by atoms with E-state index in [1.807, 2.05) is 19.9 Å². The summed E-state index contributed by atoms with van der Waals surface area (Å²) in [7, 11) is 0. The van der Waals surface area contributed by atoms with E-state index in [-0.39, 0.29) is 6.61 Å². The number of thioether (sulfide) groups is 1. The monoisotopic (exact) mass is 341 g/mol. The van der Waals surface area contributed by atoms with E-state index in [9.17, 15) is 9.59 Å². The number of hydrogen-bond acceptors (Lipinski definition) is 5. The highest BCUT2D eigenvalue weighted by molar-refractivity contribution is 7.99. The third kappa shape index (κ3) is 7.27. The molecular formula is C16H23NO5S. The molecule has 1 unspecified atom stereocenters. The van der Waals surface area contributed by atoms with Crippen LogP contribution in [0.4, 0.5) is 0 Å². The van der Waals surface area contributed by atoms with Crippen LogP contribution in [0, 0.1) is 0 Å². The van der Waals surface area contributed by atoms with Crippen molar-refractivity contribution in [1.29, 1.82) is 0 Å². The lowest BCUT2D eigenvalue weighted by Crippen LogP contribution is -2.43. The molecular weight excluding hydrogens is 318 g/mol. The number of hydrogen-bond donors (Lipinski definition) is 2. The van der Waals surface area contributed by atoms with E-state index in [0.717, 1.165) is 5.75 Å². The van der Waals surface area contributed by atoms with Crippen molar-refractivity contribution in [2.75, 3.05) is 24.7 Å². The molecule has 0 fully saturated rings. The summed E-state index contributed by atoms with van der Waals surface area (Å²) in [5.41, 5.74) is 0. The summed E-state index contributed by atoms with van der Waals surface area (Å²) in [5, 5.41) is 11.6. The summed E-state index contributed by atoms with van der Waals surface area (Å²) in [6, 6.07) is 6.14. The lowest BCUT2D eigenvalue weighted by molar-refractivity contribution is -0.142. The molecule has 0 heterocycles. The lowest BCUT2D eigenvalue weighted by atomic mass is 10.2. The molecule has 128 valence electrons. The van der Waals surface area contributed by atoms with Crippen LogP contribution in [0.15, 0.2) is 24.3 Å². The van der Waals surface area contributed by atoms with Crippen molar-refractivity contribution in [2.24, 2.45) is 0 Å². The van der Waals surface area contributed by atoms with E-state index in [1.54, 1.807) is 30.0 Å². The van der Waals surface area contributed by atoms with E-state index in [1.165, 1.54) is 0 Å². The SMILES string of the molecule is CCOc1ccccc1OCC(=O)NC(CCSCC)C(=O)O. The highest BCUT2D eigenvalue weighted by Crippen LogP contribution is 2.26. The molecule has 6 nitrogen and oxygen atoms in total. The topological polar surface area (TPSA) is 84.9 Å². The van der Waals surface area contributed by atoms with E-state index in [0.29, 0.717) is 30.3 Å². The van der Waals surface area contributed by atoms with Gasteiger partial charge in [0.2, 0.25) is 0 Å². The Bertz CT molecular complexity index is 509. The van der Waals surface area contributed by atoms with Gasteiger partial charge < -0.3 is 19.9 Å². The Hall–Kier alpha value is -1.89. The van der Waals surface area contributed by atoms with Crippen LogP contribution < -0.4 is 14.8 Å². The van der Waals surface area contributed by atoms with Gasteiger partial charge in [-0.25, -0.2) is 4.79 Å². The van der Waals surface area contributed by atoms with E-state index >= 15 is 0 Å². The van der Waals surface area contributed by atoms with Crippen LogP contribution in [0.3, 0.4) is 0 Å². The average molecular weight is 341 g/mol. The van der Waals surface area contributed by atoms with Crippen molar-refractivity contribution < 1.29 is 24.2 Å². The minimum Gasteiger partial charge on any atom is -0.490 e. The quantitative estimate of drug-likeness (QED) is 0.600.